The third-order valence-electron chi connectivity index (χ3n) is 2.29. The molecule has 17 heavy (non-hydrogen) atoms. The van der Waals surface area contributed by atoms with Gasteiger partial charge in [-0.05, 0) is 40.2 Å². The Kier molecular flexibility index (Phi) is 3.22. The molecular formula is C12H9BrO3S. The lowest BCUT2D eigenvalue weighted by molar-refractivity contribution is 0.469. The largest absolute Gasteiger partial charge is 0.507 e. The Morgan fingerprint density at radius 2 is 1.59 bits per heavy atom. The Morgan fingerprint density at radius 1 is 0.941 bits per heavy atom. The first-order valence-corrected chi connectivity index (χ1v) is 7.09. The molecule has 0 spiro atoms. The maximum Gasteiger partial charge on any atom is 0.207 e. The number of aromatic hydroxyl groups is 1. The first-order valence-electron chi connectivity index (χ1n) is 4.81. The van der Waals surface area contributed by atoms with Gasteiger partial charge in [-0.25, -0.2) is 8.42 Å². The van der Waals surface area contributed by atoms with Crippen LogP contribution in [0.1, 0.15) is 0 Å². The molecule has 2 aromatic carbocycles. The molecule has 0 heterocycles. The van der Waals surface area contributed by atoms with E-state index in [2.05, 4.69) is 15.9 Å². The summed E-state index contributed by atoms with van der Waals surface area (Å²) in [6.45, 7) is 0. The molecule has 0 saturated heterocycles. The van der Waals surface area contributed by atoms with Gasteiger partial charge in [0.2, 0.25) is 9.84 Å². The summed E-state index contributed by atoms with van der Waals surface area (Å²) in [6, 6.07) is 12.5. The van der Waals surface area contributed by atoms with Crippen molar-refractivity contribution in [1.29, 1.82) is 0 Å². The third-order valence-corrected chi connectivity index (χ3v) is 5.19. The van der Waals surface area contributed by atoms with E-state index in [-0.39, 0.29) is 20.0 Å². The molecule has 5 heteroatoms. The molecule has 1 N–H and O–H groups in total. The molecule has 0 amide bonds. The predicted molar refractivity (Wildman–Crippen MR) is 67.7 cm³/mol. The van der Waals surface area contributed by atoms with Gasteiger partial charge in [0.05, 0.1) is 14.3 Å². The summed E-state index contributed by atoms with van der Waals surface area (Å²) in [7, 11) is -3.60. The highest BCUT2D eigenvalue weighted by Gasteiger charge is 2.21. The molecule has 0 aliphatic rings. The topological polar surface area (TPSA) is 54.4 Å². The molecule has 0 bridgehead atoms. The molecule has 0 saturated carbocycles. The minimum Gasteiger partial charge on any atom is -0.507 e. The minimum absolute atomic E-state index is 0.0590. The van der Waals surface area contributed by atoms with Gasteiger partial charge in [0.15, 0.2) is 0 Å². The van der Waals surface area contributed by atoms with Crippen molar-refractivity contribution in [3.63, 3.8) is 0 Å². The molecule has 0 aromatic heterocycles. The van der Waals surface area contributed by atoms with Crippen LogP contribution in [0.4, 0.5) is 0 Å². The van der Waals surface area contributed by atoms with E-state index >= 15 is 0 Å². The third kappa shape index (κ3) is 2.21. The van der Waals surface area contributed by atoms with Crippen LogP contribution in [0.3, 0.4) is 0 Å². The monoisotopic (exact) mass is 312 g/mol. The zero-order valence-corrected chi connectivity index (χ0v) is 11.1. The number of hydrogen-bond acceptors (Lipinski definition) is 3. The van der Waals surface area contributed by atoms with E-state index < -0.39 is 9.84 Å². The molecular weight excluding hydrogens is 304 g/mol. The zero-order chi connectivity index (χ0) is 12.5. The smallest absolute Gasteiger partial charge is 0.207 e. The molecule has 0 aliphatic carbocycles. The molecule has 3 nitrogen and oxygen atoms in total. The molecule has 0 atom stereocenters. The first kappa shape index (κ1) is 12.1. The van der Waals surface area contributed by atoms with Crippen LogP contribution in [0.5, 0.6) is 5.75 Å². The highest BCUT2D eigenvalue weighted by Crippen LogP contribution is 2.33. The summed E-state index contributed by atoms with van der Waals surface area (Å²) in [6.07, 6.45) is 0. The van der Waals surface area contributed by atoms with Crippen LogP contribution in [0.15, 0.2) is 62.8 Å². The van der Waals surface area contributed by atoms with Gasteiger partial charge < -0.3 is 5.11 Å². The maximum absolute atomic E-state index is 12.3. The standard InChI is InChI=1S/C12H9BrO3S/c13-12-10(14)7-4-8-11(12)17(15,16)9-5-2-1-3-6-9/h1-8,14H. The van der Waals surface area contributed by atoms with Crippen molar-refractivity contribution in [3.05, 3.63) is 53.0 Å². The Bertz CT molecular complexity index is 636. The first-order chi connectivity index (χ1) is 8.03. The van der Waals surface area contributed by atoms with Crippen molar-refractivity contribution >= 4 is 25.8 Å². The fraction of sp³-hybridized carbons (Fsp3) is 0. The van der Waals surface area contributed by atoms with Gasteiger partial charge in [0.25, 0.3) is 0 Å². The Labute approximate surface area is 108 Å². The molecule has 2 aromatic rings. The second-order valence-corrected chi connectivity index (χ2v) is 6.12. The fourth-order valence-corrected chi connectivity index (χ4v) is 3.70. The van der Waals surface area contributed by atoms with E-state index in [1.807, 2.05) is 0 Å². The molecule has 0 unspecified atom stereocenters. The lowest BCUT2D eigenvalue weighted by atomic mass is 10.3. The van der Waals surface area contributed by atoms with Gasteiger partial charge in [0.1, 0.15) is 5.75 Å². The normalized spacial score (nSPS) is 11.4. The zero-order valence-electron chi connectivity index (χ0n) is 8.67. The van der Waals surface area contributed by atoms with E-state index in [1.165, 1.54) is 30.3 Å². The average molecular weight is 313 g/mol. The fourth-order valence-electron chi connectivity index (χ4n) is 1.43. The van der Waals surface area contributed by atoms with Gasteiger partial charge in [0, 0.05) is 0 Å². The van der Waals surface area contributed by atoms with Crippen LogP contribution in [-0.4, -0.2) is 13.5 Å². The van der Waals surface area contributed by atoms with E-state index in [9.17, 15) is 13.5 Å². The second kappa shape index (κ2) is 4.50. The Balaban J connectivity index is 2.65. The summed E-state index contributed by atoms with van der Waals surface area (Å²) < 4.78 is 24.7. The highest BCUT2D eigenvalue weighted by atomic mass is 79.9. The van der Waals surface area contributed by atoms with Crippen molar-refractivity contribution < 1.29 is 13.5 Å². The van der Waals surface area contributed by atoms with E-state index in [0.29, 0.717) is 0 Å². The molecule has 88 valence electrons. The van der Waals surface area contributed by atoms with Crippen molar-refractivity contribution in [2.75, 3.05) is 0 Å². The van der Waals surface area contributed by atoms with Crippen molar-refractivity contribution in [1.82, 2.24) is 0 Å². The number of phenols is 1. The van der Waals surface area contributed by atoms with Crippen LogP contribution in [-0.2, 0) is 9.84 Å². The van der Waals surface area contributed by atoms with Crippen LogP contribution >= 0.6 is 15.9 Å². The number of sulfone groups is 1. The lowest BCUT2D eigenvalue weighted by Gasteiger charge is -2.07. The maximum atomic E-state index is 12.3. The predicted octanol–water partition coefficient (Wildman–Crippen LogP) is 2.99. The molecule has 2 rings (SSSR count). The van der Waals surface area contributed by atoms with Crippen LogP contribution in [0.25, 0.3) is 0 Å². The van der Waals surface area contributed by atoms with Crippen LogP contribution in [0, 0.1) is 0 Å². The molecule has 0 aliphatic heterocycles. The van der Waals surface area contributed by atoms with Gasteiger partial charge in [-0.15, -0.1) is 0 Å². The number of rotatable bonds is 2. The van der Waals surface area contributed by atoms with Gasteiger partial charge in [-0.3, -0.25) is 0 Å². The molecule has 0 fully saturated rings. The number of halogens is 1. The highest BCUT2D eigenvalue weighted by molar-refractivity contribution is 9.10. The summed E-state index contributed by atoms with van der Waals surface area (Å²) in [4.78, 5) is 0.259. The van der Waals surface area contributed by atoms with Gasteiger partial charge >= 0.3 is 0 Å². The van der Waals surface area contributed by atoms with Crippen molar-refractivity contribution in [2.45, 2.75) is 9.79 Å². The van der Waals surface area contributed by atoms with Crippen LogP contribution in [0.2, 0.25) is 0 Å². The Hall–Kier alpha value is -1.33. The van der Waals surface area contributed by atoms with Gasteiger partial charge in [-0.1, -0.05) is 24.3 Å². The van der Waals surface area contributed by atoms with E-state index in [4.69, 9.17) is 0 Å². The number of phenolic OH excluding ortho intramolecular Hbond substituents is 1. The molecule has 0 radical (unpaired) electrons. The summed E-state index contributed by atoms with van der Waals surface area (Å²) in [5.74, 6) is -0.0954. The number of hydrogen-bond donors (Lipinski definition) is 1. The van der Waals surface area contributed by atoms with Crippen molar-refractivity contribution in [3.8, 4) is 5.75 Å². The minimum atomic E-state index is -3.60. The summed E-state index contributed by atoms with van der Waals surface area (Å²) >= 11 is 3.08. The number of benzene rings is 2. The van der Waals surface area contributed by atoms with E-state index in [1.54, 1.807) is 18.2 Å². The quantitative estimate of drug-likeness (QED) is 0.927. The Morgan fingerprint density at radius 3 is 2.24 bits per heavy atom. The lowest BCUT2D eigenvalue weighted by Crippen LogP contribution is -2.02. The van der Waals surface area contributed by atoms with Gasteiger partial charge in [-0.2, -0.15) is 0 Å². The van der Waals surface area contributed by atoms with E-state index in [0.717, 1.165) is 0 Å². The summed E-state index contributed by atoms with van der Waals surface area (Å²) in [5, 5.41) is 9.50. The van der Waals surface area contributed by atoms with Crippen molar-refractivity contribution in [2.24, 2.45) is 0 Å². The SMILES string of the molecule is O=S(=O)(c1ccccc1)c1cccc(O)c1Br. The van der Waals surface area contributed by atoms with Crippen LogP contribution < -0.4 is 0 Å². The average Bonchev–Trinajstić information content (AvgIpc) is 2.33. The second-order valence-electron chi connectivity index (χ2n) is 3.41. The summed E-state index contributed by atoms with van der Waals surface area (Å²) in [5.41, 5.74) is 0.